The van der Waals surface area contributed by atoms with E-state index in [4.69, 9.17) is 0 Å². The fourth-order valence-electron chi connectivity index (χ4n) is 4.21. The van der Waals surface area contributed by atoms with Crippen LogP contribution in [-0.2, 0) is 24.2 Å². The van der Waals surface area contributed by atoms with Gasteiger partial charge >= 0.3 is 0 Å². The molecular formula is C23H23N5O. The summed E-state index contributed by atoms with van der Waals surface area (Å²) >= 11 is 0. The third-order valence-electron chi connectivity index (χ3n) is 5.66. The minimum atomic E-state index is 0.0901. The Kier molecular flexibility index (Phi) is 4.60. The normalized spacial score (nSPS) is 15.9. The molecular weight excluding hydrogens is 362 g/mol. The summed E-state index contributed by atoms with van der Waals surface area (Å²) in [6.07, 6.45) is 4.38. The third-order valence-corrected chi connectivity index (χ3v) is 5.66. The Morgan fingerprint density at radius 3 is 2.86 bits per heavy atom. The van der Waals surface area contributed by atoms with E-state index < -0.39 is 0 Å². The van der Waals surface area contributed by atoms with Gasteiger partial charge in [0.15, 0.2) is 0 Å². The Morgan fingerprint density at radius 1 is 1.14 bits per heavy atom. The lowest BCUT2D eigenvalue weighted by atomic mass is 10.0. The highest BCUT2D eigenvalue weighted by atomic mass is 16.1. The molecule has 0 bridgehead atoms. The number of hydrogen-bond acceptors (Lipinski definition) is 3. The van der Waals surface area contributed by atoms with Gasteiger partial charge in [0.2, 0.25) is 5.91 Å². The van der Waals surface area contributed by atoms with Crippen molar-refractivity contribution in [3.63, 3.8) is 0 Å². The number of amides is 1. The van der Waals surface area contributed by atoms with Crippen LogP contribution in [0.5, 0.6) is 0 Å². The molecule has 6 nitrogen and oxygen atoms in total. The molecule has 5 rings (SSSR count). The van der Waals surface area contributed by atoms with Gasteiger partial charge in [-0.1, -0.05) is 48.5 Å². The molecule has 1 aliphatic rings. The van der Waals surface area contributed by atoms with E-state index in [2.05, 4.69) is 44.6 Å². The highest BCUT2D eigenvalue weighted by Gasteiger charge is 2.22. The number of nitrogens with one attached hydrogen (secondary N) is 2. The van der Waals surface area contributed by atoms with E-state index in [0.29, 0.717) is 12.8 Å². The molecule has 6 heteroatoms. The second-order valence-electron chi connectivity index (χ2n) is 7.55. The molecule has 0 radical (unpaired) electrons. The van der Waals surface area contributed by atoms with Gasteiger partial charge in [0.25, 0.3) is 0 Å². The maximum atomic E-state index is 12.7. The van der Waals surface area contributed by atoms with Gasteiger partial charge in [-0.25, -0.2) is 9.67 Å². The minimum Gasteiger partial charge on any atom is -0.354 e. The minimum absolute atomic E-state index is 0.0901. The maximum absolute atomic E-state index is 12.7. The van der Waals surface area contributed by atoms with Crippen molar-refractivity contribution >= 4 is 16.8 Å². The predicted octanol–water partition coefficient (Wildman–Crippen LogP) is 3.49. The highest BCUT2D eigenvalue weighted by molar-refractivity contribution is 5.91. The Bertz CT molecular complexity index is 1140. The lowest BCUT2D eigenvalue weighted by Gasteiger charge is -2.23. The highest BCUT2D eigenvalue weighted by Crippen LogP contribution is 2.31. The van der Waals surface area contributed by atoms with Crippen molar-refractivity contribution in [2.24, 2.45) is 0 Å². The Balaban J connectivity index is 1.32. The lowest BCUT2D eigenvalue weighted by molar-refractivity contribution is -0.121. The predicted molar refractivity (Wildman–Crippen MR) is 112 cm³/mol. The average Bonchev–Trinajstić information content (AvgIpc) is 3.37. The fraction of sp³-hybridized carbons (Fsp3) is 0.261. The molecule has 0 aliphatic carbocycles. The van der Waals surface area contributed by atoms with E-state index >= 15 is 0 Å². The van der Waals surface area contributed by atoms with Gasteiger partial charge in [-0.3, -0.25) is 4.79 Å². The van der Waals surface area contributed by atoms with Crippen LogP contribution in [0, 0.1) is 0 Å². The molecule has 1 unspecified atom stereocenters. The van der Waals surface area contributed by atoms with Crippen LogP contribution in [0.15, 0.2) is 60.9 Å². The van der Waals surface area contributed by atoms with Gasteiger partial charge in [0.1, 0.15) is 12.2 Å². The second kappa shape index (κ2) is 7.54. The van der Waals surface area contributed by atoms with Gasteiger partial charge < -0.3 is 10.3 Å². The molecule has 29 heavy (non-hydrogen) atoms. The number of carbonyl (C=O) groups is 1. The molecule has 1 aliphatic heterocycles. The van der Waals surface area contributed by atoms with Crippen molar-refractivity contribution < 1.29 is 4.79 Å². The number of fused-ring (bicyclic) bond motifs is 2. The molecule has 2 N–H and O–H groups in total. The molecule has 146 valence electrons. The zero-order valence-corrected chi connectivity index (χ0v) is 16.1. The van der Waals surface area contributed by atoms with Gasteiger partial charge in [0, 0.05) is 42.0 Å². The van der Waals surface area contributed by atoms with Gasteiger partial charge in [-0.15, -0.1) is 0 Å². The molecule has 1 atom stereocenters. The summed E-state index contributed by atoms with van der Waals surface area (Å²) in [6.45, 7) is 0.806. The molecule has 0 saturated carbocycles. The zero-order chi connectivity index (χ0) is 19.6. The van der Waals surface area contributed by atoms with E-state index in [1.165, 1.54) is 10.9 Å². The summed E-state index contributed by atoms with van der Waals surface area (Å²) in [7, 11) is 0. The van der Waals surface area contributed by atoms with Crippen LogP contribution in [0.2, 0.25) is 0 Å². The smallest absolute Gasteiger partial charge is 0.220 e. The standard InChI is InChI=1S/C23H23N5O/c29-22(26-17-12-13-28-21(14-17)24-15-25-28)11-10-19-18-8-4-5-9-20(18)27-23(19)16-6-2-1-3-7-16/h1-9,15,17,27H,10-14H2,(H,26,29). The van der Waals surface area contributed by atoms with E-state index in [1.54, 1.807) is 6.33 Å². The number of rotatable bonds is 5. The Morgan fingerprint density at radius 2 is 1.97 bits per heavy atom. The quantitative estimate of drug-likeness (QED) is 0.552. The number of nitrogens with zero attached hydrogens (tertiary/aromatic N) is 3. The van der Waals surface area contributed by atoms with Crippen LogP contribution in [0.25, 0.3) is 22.2 Å². The largest absolute Gasteiger partial charge is 0.354 e. The van der Waals surface area contributed by atoms with Crippen LogP contribution in [0.4, 0.5) is 0 Å². The Hall–Kier alpha value is -3.41. The number of aryl methyl sites for hydroxylation is 2. The van der Waals surface area contributed by atoms with Crippen molar-refractivity contribution in [1.29, 1.82) is 0 Å². The van der Waals surface area contributed by atoms with Crippen LogP contribution in [-0.4, -0.2) is 31.7 Å². The first-order valence-corrected chi connectivity index (χ1v) is 10.1. The number of H-pyrrole nitrogens is 1. The number of hydrogen-bond donors (Lipinski definition) is 2. The molecule has 2 aromatic carbocycles. The number of aromatic nitrogens is 4. The first-order valence-electron chi connectivity index (χ1n) is 10.1. The van der Waals surface area contributed by atoms with E-state index in [0.717, 1.165) is 42.0 Å². The molecule has 0 spiro atoms. The summed E-state index contributed by atoms with van der Waals surface area (Å²) in [5, 5.41) is 8.57. The van der Waals surface area contributed by atoms with Gasteiger partial charge in [-0.2, -0.15) is 5.10 Å². The van der Waals surface area contributed by atoms with E-state index in [9.17, 15) is 4.79 Å². The number of para-hydroxylation sites is 1. The summed E-state index contributed by atoms with van der Waals surface area (Å²) in [6, 6.07) is 18.7. The van der Waals surface area contributed by atoms with Crippen LogP contribution in [0.3, 0.4) is 0 Å². The van der Waals surface area contributed by atoms with Crippen molar-refractivity contribution in [2.75, 3.05) is 0 Å². The Labute approximate surface area is 169 Å². The van der Waals surface area contributed by atoms with Crippen molar-refractivity contribution in [1.82, 2.24) is 25.1 Å². The molecule has 0 saturated heterocycles. The van der Waals surface area contributed by atoms with Crippen molar-refractivity contribution in [3.05, 3.63) is 72.3 Å². The number of benzene rings is 2. The summed E-state index contributed by atoms with van der Waals surface area (Å²) < 4.78 is 1.92. The van der Waals surface area contributed by atoms with Gasteiger partial charge in [0.05, 0.1) is 0 Å². The lowest BCUT2D eigenvalue weighted by Crippen LogP contribution is -2.40. The molecule has 0 fully saturated rings. The first-order chi connectivity index (χ1) is 14.3. The van der Waals surface area contributed by atoms with Crippen molar-refractivity contribution in [3.8, 4) is 11.3 Å². The molecule has 1 amide bonds. The average molecular weight is 385 g/mol. The van der Waals surface area contributed by atoms with E-state index in [1.807, 2.05) is 35.0 Å². The topological polar surface area (TPSA) is 75.6 Å². The SMILES string of the molecule is O=C(CCc1c(-c2ccccc2)[nH]c2ccccc12)NC1CCn2ncnc2C1. The molecule has 2 aromatic heterocycles. The van der Waals surface area contributed by atoms with Gasteiger partial charge in [-0.05, 0) is 30.0 Å². The second-order valence-corrected chi connectivity index (χ2v) is 7.55. The first kappa shape index (κ1) is 17.7. The molecule has 4 aromatic rings. The number of aromatic amines is 1. The fourth-order valence-corrected chi connectivity index (χ4v) is 4.21. The maximum Gasteiger partial charge on any atom is 0.220 e. The summed E-state index contributed by atoms with van der Waals surface area (Å²) in [5.74, 6) is 1.04. The van der Waals surface area contributed by atoms with Crippen LogP contribution >= 0.6 is 0 Å². The zero-order valence-electron chi connectivity index (χ0n) is 16.1. The summed E-state index contributed by atoms with van der Waals surface area (Å²) in [5.41, 5.74) is 4.55. The number of carbonyl (C=O) groups excluding carboxylic acids is 1. The third kappa shape index (κ3) is 3.53. The van der Waals surface area contributed by atoms with E-state index in [-0.39, 0.29) is 11.9 Å². The summed E-state index contributed by atoms with van der Waals surface area (Å²) in [4.78, 5) is 20.5. The van der Waals surface area contributed by atoms with Crippen molar-refractivity contribution in [2.45, 2.75) is 38.3 Å². The molecule has 3 heterocycles. The van der Waals surface area contributed by atoms with Crippen LogP contribution < -0.4 is 5.32 Å². The monoisotopic (exact) mass is 385 g/mol. The van der Waals surface area contributed by atoms with Crippen LogP contribution in [0.1, 0.15) is 24.2 Å².